The highest BCUT2D eigenvalue weighted by atomic mass is 16.1. The minimum absolute atomic E-state index is 0.0767. The first-order valence-electron chi connectivity index (χ1n) is 8.90. The van der Waals surface area contributed by atoms with Crippen molar-refractivity contribution in [1.29, 1.82) is 0 Å². The van der Waals surface area contributed by atoms with Crippen LogP contribution in [0.3, 0.4) is 0 Å². The fourth-order valence-electron chi connectivity index (χ4n) is 3.28. The van der Waals surface area contributed by atoms with E-state index in [1.807, 2.05) is 0 Å². The van der Waals surface area contributed by atoms with E-state index in [9.17, 15) is 4.79 Å². The third-order valence-corrected chi connectivity index (χ3v) is 4.65. The minimum Gasteiger partial charge on any atom is -0.346 e. The van der Waals surface area contributed by atoms with Crippen LogP contribution in [0.1, 0.15) is 74.5 Å². The maximum Gasteiger partial charge on any atom is 0.254 e. The molecule has 1 aromatic rings. The predicted molar refractivity (Wildman–Crippen MR) is 90.5 cm³/mol. The molecule has 0 radical (unpaired) electrons. The number of nitrogens with one attached hydrogen (secondary N) is 1. The molecule has 1 saturated heterocycles. The van der Waals surface area contributed by atoms with Gasteiger partial charge in [0.2, 0.25) is 0 Å². The third-order valence-electron chi connectivity index (χ3n) is 4.65. The highest BCUT2D eigenvalue weighted by molar-refractivity contribution is 5.94. The van der Waals surface area contributed by atoms with Crippen molar-refractivity contribution in [3.05, 3.63) is 23.8 Å². The summed E-state index contributed by atoms with van der Waals surface area (Å²) in [5, 5.41) is 3.14. The smallest absolute Gasteiger partial charge is 0.254 e. The van der Waals surface area contributed by atoms with Gasteiger partial charge < -0.3 is 10.2 Å². The van der Waals surface area contributed by atoms with Crippen molar-refractivity contribution in [3.8, 4) is 0 Å². The van der Waals surface area contributed by atoms with Crippen LogP contribution < -0.4 is 5.32 Å². The molecule has 0 spiro atoms. The second-order valence-corrected chi connectivity index (χ2v) is 7.63. The predicted octanol–water partition coefficient (Wildman–Crippen LogP) is 2.74. The Bertz CT molecular complexity index is 528. The van der Waals surface area contributed by atoms with Gasteiger partial charge in [-0.25, -0.2) is 9.97 Å². The monoisotopic (exact) mass is 316 g/mol. The van der Waals surface area contributed by atoms with Gasteiger partial charge >= 0.3 is 0 Å². The molecule has 1 saturated carbocycles. The van der Waals surface area contributed by atoms with Gasteiger partial charge in [0.15, 0.2) is 0 Å². The highest BCUT2D eigenvalue weighted by Gasteiger charge is 2.28. The van der Waals surface area contributed by atoms with Crippen LogP contribution >= 0.6 is 0 Å². The van der Waals surface area contributed by atoms with Crippen LogP contribution in [0.15, 0.2) is 12.4 Å². The molecular formula is C18H28N4O. The molecule has 2 aliphatic rings. The molecule has 3 rings (SSSR count). The summed E-state index contributed by atoms with van der Waals surface area (Å²) in [5.41, 5.74) is 0.301. The molecule has 1 N–H and O–H groups in total. The van der Waals surface area contributed by atoms with E-state index in [0.29, 0.717) is 11.5 Å². The first-order chi connectivity index (χ1) is 11.0. The Morgan fingerprint density at radius 2 is 1.78 bits per heavy atom. The van der Waals surface area contributed by atoms with Gasteiger partial charge in [-0.15, -0.1) is 0 Å². The molecule has 2 fully saturated rings. The lowest BCUT2D eigenvalue weighted by atomic mass is 10.0. The van der Waals surface area contributed by atoms with Crippen molar-refractivity contribution in [2.45, 2.75) is 63.8 Å². The summed E-state index contributed by atoms with van der Waals surface area (Å²) < 4.78 is 0. The van der Waals surface area contributed by atoms with Gasteiger partial charge in [-0.2, -0.15) is 0 Å². The maximum atomic E-state index is 12.5. The molecule has 5 heteroatoms. The highest BCUT2D eigenvalue weighted by Crippen LogP contribution is 2.37. The van der Waals surface area contributed by atoms with Crippen molar-refractivity contribution in [1.82, 2.24) is 20.2 Å². The lowest BCUT2D eigenvalue weighted by Gasteiger charge is -2.32. The zero-order chi connectivity index (χ0) is 16.3. The van der Waals surface area contributed by atoms with E-state index in [-0.39, 0.29) is 11.4 Å². The Labute approximate surface area is 138 Å². The normalized spacial score (nSPS) is 20.1. The first-order valence-corrected chi connectivity index (χ1v) is 8.90. The van der Waals surface area contributed by atoms with Crippen molar-refractivity contribution < 1.29 is 4.79 Å². The summed E-state index contributed by atoms with van der Waals surface area (Å²) in [7, 11) is 0. The zero-order valence-corrected chi connectivity index (χ0v) is 14.3. The number of carbonyl (C=O) groups excluding carboxylic acids is 1. The lowest BCUT2D eigenvalue weighted by molar-refractivity contribution is 0.0887. The zero-order valence-electron chi connectivity index (χ0n) is 14.3. The fraction of sp³-hybridized carbons (Fsp3) is 0.722. The summed E-state index contributed by atoms with van der Waals surface area (Å²) in [4.78, 5) is 23.6. The molecule has 5 nitrogen and oxygen atoms in total. The summed E-state index contributed by atoms with van der Waals surface area (Å²) in [6, 6.07) is 0. The molecule has 1 amide bonds. The van der Waals surface area contributed by atoms with E-state index < -0.39 is 0 Å². The van der Waals surface area contributed by atoms with Gasteiger partial charge in [0.1, 0.15) is 5.82 Å². The van der Waals surface area contributed by atoms with Gasteiger partial charge in [-0.3, -0.25) is 4.79 Å². The standard InChI is InChI=1S/C18H28N4O/c1-18(2,13-22-9-5-3-4-6-10-22)21-17(23)15-11-19-16(20-12-15)14-7-8-14/h11-12,14H,3-10,13H2,1-2H3,(H,21,23). The third kappa shape index (κ3) is 4.74. The van der Waals surface area contributed by atoms with E-state index in [1.165, 1.54) is 38.5 Å². The SMILES string of the molecule is CC(C)(CN1CCCCCC1)NC(=O)c1cnc(C2CC2)nc1. The molecule has 1 aromatic heterocycles. The second kappa shape index (κ2) is 6.95. The van der Waals surface area contributed by atoms with Gasteiger partial charge in [0.05, 0.1) is 5.56 Å². The number of hydrogen-bond acceptors (Lipinski definition) is 4. The van der Waals surface area contributed by atoms with Crippen molar-refractivity contribution in [2.75, 3.05) is 19.6 Å². The van der Waals surface area contributed by atoms with Crippen LogP contribution in [-0.2, 0) is 0 Å². The topological polar surface area (TPSA) is 58.1 Å². The summed E-state index contributed by atoms with van der Waals surface area (Å²) >= 11 is 0. The van der Waals surface area contributed by atoms with Crippen molar-refractivity contribution >= 4 is 5.91 Å². The number of rotatable bonds is 5. The molecule has 0 bridgehead atoms. The number of hydrogen-bond donors (Lipinski definition) is 1. The van der Waals surface area contributed by atoms with E-state index in [2.05, 4.69) is 34.0 Å². The molecule has 2 heterocycles. The van der Waals surface area contributed by atoms with Crippen LogP contribution in [0.2, 0.25) is 0 Å². The Morgan fingerprint density at radius 1 is 1.17 bits per heavy atom. The molecule has 0 aromatic carbocycles. The number of likely N-dealkylation sites (tertiary alicyclic amines) is 1. The Balaban J connectivity index is 1.56. The molecular weight excluding hydrogens is 288 g/mol. The lowest BCUT2D eigenvalue weighted by Crippen LogP contribution is -2.51. The van der Waals surface area contributed by atoms with Crippen LogP contribution in [0, 0.1) is 0 Å². The fourth-order valence-corrected chi connectivity index (χ4v) is 3.28. The Kier molecular flexibility index (Phi) is 4.95. The Morgan fingerprint density at radius 3 is 2.35 bits per heavy atom. The van der Waals surface area contributed by atoms with Crippen molar-refractivity contribution in [3.63, 3.8) is 0 Å². The van der Waals surface area contributed by atoms with Crippen LogP contribution in [0.4, 0.5) is 0 Å². The van der Waals surface area contributed by atoms with Gasteiger partial charge in [0, 0.05) is 30.4 Å². The van der Waals surface area contributed by atoms with Gasteiger partial charge in [0.25, 0.3) is 5.91 Å². The molecule has 1 aliphatic heterocycles. The first kappa shape index (κ1) is 16.4. The van der Waals surface area contributed by atoms with Gasteiger partial charge in [-0.05, 0) is 52.6 Å². The van der Waals surface area contributed by atoms with Gasteiger partial charge in [-0.1, -0.05) is 12.8 Å². The maximum absolute atomic E-state index is 12.5. The summed E-state index contributed by atoms with van der Waals surface area (Å²) in [6.07, 6.45) is 10.9. The molecule has 0 atom stereocenters. The van der Waals surface area contributed by atoms with Crippen molar-refractivity contribution in [2.24, 2.45) is 0 Å². The van der Waals surface area contributed by atoms with E-state index >= 15 is 0 Å². The van der Waals surface area contributed by atoms with E-state index in [1.54, 1.807) is 12.4 Å². The van der Waals surface area contributed by atoms with Crippen LogP contribution in [0.25, 0.3) is 0 Å². The average Bonchev–Trinajstić information content (AvgIpc) is 3.34. The number of nitrogens with zero attached hydrogens (tertiary/aromatic N) is 3. The summed E-state index contributed by atoms with van der Waals surface area (Å²) in [5.74, 6) is 1.32. The largest absolute Gasteiger partial charge is 0.346 e. The summed E-state index contributed by atoms with van der Waals surface area (Å²) in [6.45, 7) is 7.35. The number of carbonyl (C=O) groups is 1. The van der Waals surface area contributed by atoms with Crippen LogP contribution in [0.5, 0.6) is 0 Å². The number of amides is 1. The molecule has 1 aliphatic carbocycles. The molecule has 0 unspecified atom stereocenters. The van der Waals surface area contributed by atoms with Crippen LogP contribution in [-0.4, -0.2) is 45.9 Å². The number of aromatic nitrogens is 2. The Hall–Kier alpha value is -1.49. The van der Waals surface area contributed by atoms with E-state index in [4.69, 9.17) is 0 Å². The molecule has 126 valence electrons. The van der Waals surface area contributed by atoms with E-state index in [0.717, 1.165) is 25.5 Å². The minimum atomic E-state index is -0.253. The second-order valence-electron chi connectivity index (χ2n) is 7.63. The molecule has 23 heavy (non-hydrogen) atoms. The quantitative estimate of drug-likeness (QED) is 0.907. The average molecular weight is 316 g/mol.